The molecule has 1 N–H and O–H groups in total. The second-order valence-electron chi connectivity index (χ2n) is 7.60. The van der Waals surface area contributed by atoms with Crippen molar-refractivity contribution in [1.29, 1.82) is 0 Å². The van der Waals surface area contributed by atoms with Crippen molar-refractivity contribution in [3.8, 4) is 16.9 Å². The predicted molar refractivity (Wildman–Crippen MR) is 126 cm³/mol. The van der Waals surface area contributed by atoms with Gasteiger partial charge < -0.3 is 15.0 Å². The number of hydrogen-bond donors (Lipinski definition) is 1. The summed E-state index contributed by atoms with van der Waals surface area (Å²) < 4.78 is 7.18. The summed E-state index contributed by atoms with van der Waals surface area (Å²) in [7, 11) is 0. The molecule has 0 saturated carbocycles. The van der Waals surface area contributed by atoms with E-state index in [4.69, 9.17) is 9.84 Å². The fourth-order valence-electron chi connectivity index (χ4n) is 3.90. The first-order valence-electron chi connectivity index (χ1n) is 10.7. The maximum Gasteiger partial charge on any atom is 0.274 e. The Morgan fingerprint density at radius 3 is 2.25 bits per heavy atom. The number of rotatable bonds is 5. The molecule has 1 aliphatic rings. The SMILES string of the molecule is O=C(Nc1ccccc1N1CCOCC1)c1cc(-c2ccccc2)nn1-c1ccccc1. The second kappa shape index (κ2) is 9.08. The fourth-order valence-corrected chi connectivity index (χ4v) is 3.90. The molecule has 6 heteroatoms. The molecule has 6 nitrogen and oxygen atoms in total. The van der Waals surface area contributed by atoms with Gasteiger partial charge in [0.15, 0.2) is 0 Å². The molecular weight excluding hydrogens is 400 g/mol. The summed E-state index contributed by atoms with van der Waals surface area (Å²) in [6.45, 7) is 2.97. The number of carbonyl (C=O) groups is 1. The summed E-state index contributed by atoms with van der Waals surface area (Å²) in [5, 5.41) is 7.87. The third kappa shape index (κ3) is 4.13. The molecule has 0 atom stereocenters. The smallest absolute Gasteiger partial charge is 0.274 e. The predicted octanol–water partition coefficient (Wildman–Crippen LogP) is 4.63. The first-order chi connectivity index (χ1) is 15.8. The van der Waals surface area contributed by atoms with Crippen LogP contribution in [0.2, 0.25) is 0 Å². The van der Waals surface area contributed by atoms with Crippen molar-refractivity contribution >= 4 is 17.3 Å². The number of anilines is 2. The molecule has 3 aromatic carbocycles. The molecule has 0 radical (unpaired) electrons. The molecule has 1 aromatic heterocycles. The van der Waals surface area contributed by atoms with Gasteiger partial charge in [0.2, 0.25) is 0 Å². The number of carbonyl (C=O) groups excluding carboxylic acids is 1. The van der Waals surface area contributed by atoms with Gasteiger partial charge in [0.1, 0.15) is 5.69 Å². The normalized spacial score (nSPS) is 13.7. The van der Waals surface area contributed by atoms with Crippen molar-refractivity contribution in [3.63, 3.8) is 0 Å². The van der Waals surface area contributed by atoms with E-state index < -0.39 is 0 Å². The van der Waals surface area contributed by atoms with Crippen LogP contribution in [-0.4, -0.2) is 42.0 Å². The van der Waals surface area contributed by atoms with Crippen LogP contribution in [0.15, 0.2) is 91.0 Å². The summed E-state index contributed by atoms with van der Waals surface area (Å²) >= 11 is 0. The minimum atomic E-state index is -0.204. The number of para-hydroxylation sites is 3. The van der Waals surface area contributed by atoms with Gasteiger partial charge in [-0.3, -0.25) is 4.79 Å². The van der Waals surface area contributed by atoms with Gasteiger partial charge in [0, 0.05) is 18.7 Å². The summed E-state index contributed by atoms with van der Waals surface area (Å²) in [6, 6.07) is 29.3. The van der Waals surface area contributed by atoms with E-state index >= 15 is 0 Å². The topological polar surface area (TPSA) is 59.4 Å². The highest BCUT2D eigenvalue weighted by Crippen LogP contribution is 2.28. The van der Waals surface area contributed by atoms with E-state index in [1.807, 2.05) is 91.0 Å². The number of hydrogen-bond acceptors (Lipinski definition) is 4. The number of aromatic nitrogens is 2. The van der Waals surface area contributed by atoms with Crippen molar-refractivity contribution in [2.45, 2.75) is 0 Å². The minimum absolute atomic E-state index is 0.204. The molecule has 160 valence electrons. The Morgan fingerprint density at radius 1 is 0.844 bits per heavy atom. The molecule has 1 fully saturated rings. The average molecular weight is 425 g/mol. The van der Waals surface area contributed by atoms with E-state index in [1.54, 1.807) is 4.68 Å². The van der Waals surface area contributed by atoms with Gasteiger partial charge in [-0.1, -0.05) is 60.7 Å². The van der Waals surface area contributed by atoms with Crippen molar-refractivity contribution < 1.29 is 9.53 Å². The Morgan fingerprint density at radius 2 is 1.50 bits per heavy atom. The molecule has 1 aliphatic heterocycles. The average Bonchev–Trinajstić information content (AvgIpc) is 3.32. The summed E-state index contributed by atoms with van der Waals surface area (Å²) in [4.78, 5) is 15.7. The zero-order valence-corrected chi connectivity index (χ0v) is 17.6. The standard InChI is InChI=1S/C26H24N4O2/c31-26(27-22-13-7-8-14-24(22)29-15-17-32-18-16-29)25-19-23(20-9-3-1-4-10-20)28-30(25)21-11-5-2-6-12-21/h1-14,19H,15-18H2,(H,27,31). The molecule has 1 saturated heterocycles. The van der Waals surface area contributed by atoms with Gasteiger partial charge in [-0.25, -0.2) is 4.68 Å². The monoisotopic (exact) mass is 424 g/mol. The van der Waals surface area contributed by atoms with Crippen LogP contribution in [0.4, 0.5) is 11.4 Å². The number of nitrogens with zero attached hydrogens (tertiary/aromatic N) is 3. The number of benzene rings is 3. The Labute approximate surface area is 187 Å². The lowest BCUT2D eigenvalue weighted by atomic mass is 10.1. The molecule has 2 heterocycles. The van der Waals surface area contributed by atoms with Gasteiger partial charge in [-0.15, -0.1) is 0 Å². The lowest BCUT2D eigenvalue weighted by Gasteiger charge is -2.30. The van der Waals surface area contributed by atoms with Gasteiger partial charge in [0.25, 0.3) is 5.91 Å². The molecule has 0 spiro atoms. The number of ether oxygens (including phenoxy) is 1. The van der Waals surface area contributed by atoms with Crippen LogP contribution in [0.1, 0.15) is 10.5 Å². The first kappa shape index (κ1) is 20.0. The number of amides is 1. The van der Waals surface area contributed by atoms with Gasteiger partial charge in [0.05, 0.1) is 36.0 Å². The van der Waals surface area contributed by atoms with Crippen molar-refractivity contribution in [3.05, 3.63) is 96.7 Å². The maximum absolute atomic E-state index is 13.5. The molecule has 32 heavy (non-hydrogen) atoms. The molecule has 4 aromatic rings. The van der Waals surface area contributed by atoms with Crippen molar-refractivity contribution in [2.24, 2.45) is 0 Å². The van der Waals surface area contributed by atoms with Crippen molar-refractivity contribution in [2.75, 3.05) is 36.5 Å². The van der Waals surface area contributed by atoms with Gasteiger partial charge in [-0.2, -0.15) is 5.10 Å². The van der Waals surface area contributed by atoms with Crippen LogP contribution in [0.25, 0.3) is 16.9 Å². The van der Waals surface area contributed by atoms with E-state index in [0.29, 0.717) is 18.9 Å². The summed E-state index contributed by atoms with van der Waals surface area (Å²) in [6.07, 6.45) is 0. The van der Waals surface area contributed by atoms with E-state index in [2.05, 4.69) is 10.2 Å². The largest absolute Gasteiger partial charge is 0.378 e. The van der Waals surface area contributed by atoms with Crippen LogP contribution in [-0.2, 0) is 4.74 Å². The Balaban J connectivity index is 1.51. The van der Waals surface area contributed by atoms with Crippen molar-refractivity contribution in [1.82, 2.24) is 9.78 Å². The Bertz CT molecular complexity index is 1200. The quantitative estimate of drug-likeness (QED) is 0.508. The molecule has 0 bridgehead atoms. The lowest BCUT2D eigenvalue weighted by Crippen LogP contribution is -2.36. The lowest BCUT2D eigenvalue weighted by molar-refractivity contribution is 0.101. The third-order valence-electron chi connectivity index (χ3n) is 5.52. The zero-order valence-electron chi connectivity index (χ0n) is 17.6. The zero-order chi connectivity index (χ0) is 21.8. The molecular formula is C26H24N4O2. The highest BCUT2D eigenvalue weighted by molar-refractivity contribution is 6.05. The third-order valence-corrected chi connectivity index (χ3v) is 5.52. The maximum atomic E-state index is 13.5. The van der Waals surface area contributed by atoms with Gasteiger partial charge in [-0.05, 0) is 30.3 Å². The highest BCUT2D eigenvalue weighted by Gasteiger charge is 2.20. The minimum Gasteiger partial charge on any atom is -0.378 e. The highest BCUT2D eigenvalue weighted by atomic mass is 16.5. The summed E-state index contributed by atoms with van der Waals surface area (Å²) in [5.41, 5.74) is 4.80. The number of nitrogens with one attached hydrogen (secondary N) is 1. The second-order valence-corrected chi connectivity index (χ2v) is 7.60. The van der Waals surface area contributed by atoms with Crippen LogP contribution in [0.3, 0.4) is 0 Å². The van der Waals surface area contributed by atoms with Crippen LogP contribution >= 0.6 is 0 Å². The van der Waals surface area contributed by atoms with Gasteiger partial charge >= 0.3 is 0 Å². The fraction of sp³-hybridized carbons (Fsp3) is 0.154. The summed E-state index contributed by atoms with van der Waals surface area (Å²) in [5.74, 6) is -0.204. The Hall–Kier alpha value is -3.90. The van der Waals surface area contributed by atoms with E-state index in [1.165, 1.54) is 0 Å². The molecule has 0 unspecified atom stereocenters. The number of morpholine rings is 1. The van der Waals surface area contributed by atoms with Crippen LogP contribution in [0, 0.1) is 0 Å². The first-order valence-corrected chi connectivity index (χ1v) is 10.7. The van der Waals surface area contributed by atoms with E-state index in [0.717, 1.165) is 41.4 Å². The molecule has 5 rings (SSSR count). The van der Waals surface area contributed by atoms with Crippen LogP contribution in [0.5, 0.6) is 0 Å². The van der Waals surface area contributed by atoms with E-state index in [9.17, 15) is 4.79 Å². The van der Waals surface area contributed by atoms with Crippen LogP contribution < -0.4 is 10.2 Å². The van der Waals surface area contributed by atoms with E-state index in [-0.39, 0.29) is 5.91 Å². The molecule has 0 aliphatic carbocycles. The Kier molecular flexibility index (Phi) is 5.68. The molecule has 1 amide bonds.